The molecule has 0 spiro atoms. The van der Waals surface area contributed by atoms with Crippen molar-refractivity contribution in [2.75, 3.05) is 19.6 Å². The first-order chi connectivity index (χ1) is 13.8. The van der Waals surface area contributed by atoms with Crippen LogP contribution in [-0.4, -0.2) is 63.0 Å². The summed E-state index contributed by atoms with van der Waals surface area (Å²) >= 11 is 0. The summed E-state index contributed by atoms with van der Waals surface area (Å²) in [5.41, 5.74) is 1.42. The molecule has 3 heterocycles. The van der Waals surface area contributed by atoms with Crippen LogP contribution in [0.25, 0.3) is 11.0 Å². The van der Waals surface area contributed by atoms with Gasteiger partial charge in [-0.05, 0) is 58.6 Å². The van der Waals surface area contributed by atoms with Crippen LogP contribution in [0, 0.1) is 0 Å². The lowest BCUT2D eigenvalue weighted by Gasteiger charge is -2.36. The summed E-state index contributed by atoms with van der Waals surface area (Å²) in [5, 5.41) is 0. The molecule has 2 aromatic rings. The number of likely N-dealkylation sites (tertiary alicyclic amines) is 2. The number of rotatable bonds is 2. The molecule has 2 saturated heterocycles. The number of hydrogen-bond donors (Lipinski definition) is 1. The number of piperidine rings is 1. The number of carbonyl (C=O) groups excluding carboxylic acids is 2. The second-order valence-corrected chi connectivity index (χ2v) is 9.09. The third-order valence-corrected chi connectivity index (χ3v) is 5.69. The maximum Gasteiger partial charge on any atom is 0.410 e. The monoisotopic (exact) mass is 398 g/mol. The SMILES string of the molecule is CC(C)(C)OC(=O)N1CCC[C@H]1C(=O)N1CCC[C@@H](c2nc3ccccc3[nH]2)C1. The number of aromatic nitrogens is 2. The highest BCUT2D eigenvalue weighted by Gasteiger charge is 2.40. The summed E-state index contributed by atoms with van der Waals surface area (Å²) in [5.74, 6) is 1.17. The minimum absolute atomic E-state index is 0.0363. The second-order valence-electron chi connectivity index (χ2n) is 9.09. The van der Waals surface area contributed by atoms with Crippen molar-refractivity contribution in [1.82, 2.24) is 19.8 Å². The standard InChI is InChI=1S/C22H30N4O3/c1-22(2,3)29-21(28)26-13-7-11-18(26)20(27)25-12-6-8-15(14-25)19-23-16-9-4-5-10-17(16)24-19/h4-5,9-10,15,18H,6-8,11-14H2,1-3H3,(H,23,24)/t15-,18+/m1/s1. The first-order valence-corrected chi connectivity index (χ1v) is 10.5. The van der Waals surface area contributed by atoms with Gasteiger partial charge in [-0.2, -0.15) is 0 Å². The summed E-state index contributed by atoms with van der Waals surface area (Å²) in [6, 6.07) is 7.58. The van der Waals surface area contributed by atoms with Crippen LogP contribution in [0.1, 0.15) is 58.2 Å². The topological polar surface area (TPSA) is 78.5 Å². The van der Waals surface area contributed by atoms with Crippen LogP contribution < -0.4 is 0 Å². The van der Waals surface area contributed by atoms with Crippen LogP contribution in [0.5, 0.6) is 0 Å². The number of ether oxygens (including phenoxy) is 1. The van der Waals surface area contributed by atoms with E-state index in [0.29, 0.717) is 19.5 Å². The van der Waals surface area contributed by atoms with E-state index in [0.717, 1.165) is 42.7 Å². The summed E-state index contributed by atoms with van der Waals surface area (Å²) in [6.07, 6.45) is 3.08. The van der Waals surface area contributed by atoms with E-state index >= 15 is 0 Å². The molecule has 1 aromatic carbocycles. The number of amides is 2. The molecule has 0 radical (unpaired) electrons. The lowest BCUT2D eigenvalue weighted by molar-refractivity contribution is -0.137. The van der Waals surface area contributed by atoms with Crippen LogP contribution in [0.15, 0.2) is 24.3 Å². The molecule has 2 aliphatic heterocycles. The number of nitrogens with one attached hydrogen (secondary N) is 1. The lowest BCUT2D eigenvalue weighted by atomic mass is 9.96. The Morgan fingerprint density at radius 3 is 2.66 bits per heavy atom. The van der Waals surface area contributed by atoms with Crippen molar-refractivity contribution < 1.29 is 14.3 Å². The molecule has 2 aliphatic rings. The van der Waals surface area contributed by atoms with Crippen LogP contribution in [0.4, 0.5) is 4.79 Å². The number of H-pyrrole nitrogens is 1. The Labute approximate surface area is 171 Å². The lowest BCUT2D eigenvalue weighted by Crippen LogP contribution is -2.51. The largest absolute Gasteiger partial charge is 0.444 e. The minimum Gasteiger partial charge on any atom is -0.444 e. The van der Waals surface area contributed by atoms with E-state index in [4.69, 9.17) is 9.72 Å². The number of fused-ring (bicyclic) bond motifs is 1. The quantitative estimate of drug-likeness (QED) is 0.837. The molecule has 0 aliphatic carbocycles. The summed E-state index contributed by atoms with van der Waals surface area (Å²) in [7, 11) is 0. The highest BCUT2D eigenvalue weighted by atomic mass is 16.6. The van der Waals surface area contributed by atoms with Crippen molar-refractivity contribution in [3.05, 3.63) is 30.1 Å². The third kappa shape index (κ3) is 4.23. The number of para-hydroxylation sites is 2. The Bertz CT molecular complexity index is 868. The third-order valence-electron chi connectivity index (χ3n) is 5.69. The van der Waals surface area contributed by atoms with Crippen LogP contribution in [-0.2, 0) is 9.53 Å². The van der Waals surface area contributed by atoms with Gasteiger partial charge in [0.15, 0.2) is 0 Å². The fourth-order valence-corrected chi connectivity index (χ4v) is 4.34. The molecule has 0 bridgehead atoms. The summed E-state index contributed by atoms with van der Waals surface area (Å²) in [6.45, 7) is 7.48. The van der Waals surface area contributed by atoms with Crippen molar-refractivity contribution in [2.24, 2.45) is 0 Å². The van der Waals surface area contributed by atoms with Crippen LogP contribution in [0.3, 0.4) is 0 Å². The molecule has 7 heteroatoms. The first-order valence-electron chi connectivity index (χ1n) is 10.5. The molecule has 2 fully saturated rings. The number of imidazole rings is 1. The van der Waals surface area contributed by atoms with Gasteiger partial charge < -0.3 is 14.6 Å². The fraction of sp³-hybridized carbons (Fsp3) is 0.591. The normalized spacial score (nSPS) is 22.9. The predicted molar refractivity (Wildman–Crippen MR) is 111 cm³/mol. The molecule has 4 rings (SSSR count). The Morgan fingerprint density at radius 2 is 1.90 bits per heavy atom. The van der Waals surface area contributed by atoms with Crippen molar-refractivity contribution in [2.45, 2.75) is 64.0 Å². The molecule has 156 valence electrons. The molecule has 0 saturated carbocycles. The number of aromatic amines is 1. The van der Waals surface area contributed by atoms with Gasteiger partial charge in [0.1, 0.15) is 17.5 Å². The van der Waals surface area contributed by atoms with E-state index in [1.165, 1.54) is 0 Å². The van der Waals surface area contributed by atoms with Gasteiger partial charge in [-0.3, -0.25) is 9.69 Å². The second kappa shape index (κ2) is 7.69. The van der Waals surface area contributed by atoms with E-state index in [9.17, 15) is 9.59 Å². The molecule has 1 aromatic heterocycles. The summed E-state index contributed by atoms with van der Waals surface area (Å²) < 4.78 is 5.51. The number of nitrogens with zero attached hydrogens (tertiary/aromatic N) is 3. The van der Waals surface area contributed by atoms with E-state index in [2.05, 4.69) is 4.98 Å². The van der Waals surface area contributed by atoms with Gasteiger partial charge >= 0.3 is 6.09 Å². The maximum atomic E-state index is 13.3. The average molecular weight is 399 g/mol. The Kier molecular flexibility index (Phi) is 5.23. The molecule has 7 nitrogen and oxygen atoms in total. The molecule has 2 amide bonds. The molecule has 1 N–H and O–H groups in total. The minimum atomic E-state index is -0.565. The molecular weight excluding hydrogens is 368 g/mol. The zero-order chi connectivity index (χ0) is 20.6. The van der Waals surface area contributed by atoms with Gasteiger partial charge in [-0.1, -0.05) is 12.1 Å². The molecule has 0 unspecified atom stereocenters. The van der Waals surface area contributed by atoms with Crippen LogP contribution in [0.2, 0.25) is 0 Å². The Morgan fingerprint density at radius 1 is 1.14 bits per heavy atom. The van der Waals surface area contributed by atoms with Gasteiger partial charge in [0, 0.05) is 25.6 Å². The first kappa shape index (κ1) is 19.7. The van der Waals surface area contributed by atoms with Gasteiger partial charge in [0.25, 0.3) is 0 Å². The van der Waals surface area contributed by atoms with E-state index in [1.807, 2.05) is 49.9 Å². The zero-order valence-electron chi connectivity index (χ0n) is 17.5. The number of carbonyl (C=O) groups is 2. The fourth-order valence-electron chi connectivity index (χ4n) is 4.34. The molecule has 2 atom stereocenters. The van der Waals surface area contributed by atoms with Crippen molar-refractivity contribution in [1.29, 1.82) is 0 Å². The Balaban J connectivity index is 1.46. The maximum absolute atomic E-state index is 13.3. The van der Waals surface area contributed by atoms with Gasteiger partial charge in [-0.15, -0.1) is 0 Å². The molecular formula is C22H30N4O3. The Hall–Kier alpha value is -2.57. The number of benzene rings is 1. The average Bonchev–Trinajstić information content (AvgIpc) is 3.33. The highest BCUT2D eigenvalue weighted by Crippen LogP contribution is 2.29. The van der Waals surface area contributed by atoms with Crippen molar-refractivity contribution in [3.63, 3.8) is 0 Å². The predicted octanol–water partition coefficient (Wildman–Crippen LogP) is 3.67. The van der Waals surface area contributed by atoms with Crippen molar-refractivity contribution >= 4 is 23.0 Å². The van der Waals surface area contributed by atoms with Crippen molar-refractivity contribution in [3.8, 4) is 0 Å². The summed E-state index contributed by atoms with van der Waals surface area (Å²) in [4.78, 5) is 37.5. The molecule has 29 heavy (non-hydrogen) atoms. The van der Waals surface area contributed by atoms with E-state index < -0.39 is 11.6 Å². The van der Waals surface area contributed by atoms with Gasteiger partial charge in [0.05, 0.1) is 11.0 Å². The van der Waals surface area contributed by atoms with Gasteiger partial charge in [-0.25, -0.2) is 9.78 Å². The van der Waals surface area contributed by atoms with Crippen LogP contribution >= 0.6 is 0 Å². The highest BCUT2D eigenvalue weighted by molar-refractivity contribution is 5.86. The van der Waals surface area contributed by atoms with E-state index in [1.54, 1.807) is 4.90 Å². The number of hydrogen-bond acceptors (Lipinski definition) is 4. The smallest absolute Gasteiger partial charge is 0.410 e. The van der Waals surface area contributed by atoms with E-state index in [-0.39, 0.29) is 17.9 Å². The zero-order valence-corrected chi connectivity index (χ0v) is 17.5. The van der Waals surface area contributed by atoms with Gasteiger partial charge in [0.2, 0.25) is 5.91 Å².